The minimum Gasteiger partial charge on any atom is -0.280 e. The first-order valence-electron chi connectivity index (χ1n) is 9.99. The van der Waals surface area contributed by atoms with Crippen LogP contribution in [-0.4, -0.2) is 25.1 Å². The summed E-state index contributed by atoms with van der Waals surface area (Å²) in [5.74, 6) is -0.702. The van der Waals surface area contributed by atoms with Gasteiger partial charge >= 0.3 is 0 Å². The van der Waals surface area contributed by atoms with Crippen LogP contribution in [0, 0.1) is 18.8 Å². The molecule has 0 unspecified atom stereocenters. The Morgan fingerprint density at radius 1 is 1.03 bits per heavy atom. The van der Waals surface area contributed by atoms with Gasteiger partial charge in [0.05, 0.1) is 29.0 Å². The van der Waals surface area contributed by atoms with Crippen LogP contribution in [0.5, 0.6) is 0 Å². The van der Waals surface area contributed by atoms with Crippen LogP contribution in [0.15, 0.2) is 47.4 Å². The molecule has 1 saturated carbocycles. The number of nitrogens with zero attached hydrogens (tertiary/aromatic N) is 1. The van der Waals surface area contributed by atoms with Crippen molar-refractivity contribution in [3.05, 3.63) is 58.6 Å². The predicted octanol–water partition coefficient (Wildman–Crippen LogP) is 4.12. The number of hydrogen-bond donors (Lipinski definition) is 1. The third kappa shape index (κ3) is 3.96. The zero-order valence-electron chi connectivity index (χ0n) is 16.6. The number of aryl methyl sites for hydroxylation is 1. The van der Waals surface area contributed by atoms with Gasteiger partial charge in [0.25, 0.3) is 10.0 Å². The van der Waals surface area contributed by atoms with E-state index in [0.717, 1.165) is 25.7 Å². The molecule has 30 heavy (non-hydrogen) atoms. The number of halogens is 1. The first-order chi connectivity index (χ1) is 14.3. The Labute approximate surface area is 181 Å². The largest absolute Gasteiger partial charge is 0.280 e. The molecule has 0 bridgehead atoms. The smallest absolute Gasteiger partial charge is 0.262 e. The lowest BCUT2D eigenvalue weighted by molar-refractivity contribution is -0.140. The molecule has 1 heterocycles. The van der Waals surface area contributed by atoms with Crippen molar-refractivity contribution in [2.24, 2.45) is 11.8 Å². The van der Waals surface area contributed by atoms with Gasteiger partial charge in [-0.05, 0) is 55.2 Å². The van der Waals surface area contributed by atoms with Crippen LogP contribution in [0.1, 0.15) is 36.8 Å². The fourth-order valence-corrected chi connectivity index (χ4v) is 5.90. The summed E-state index contributed by atoms with van der Waals surface area (Å²) in [5, 5.41) is 0.424. The lowest BCUT2D eigenvalue weighted by Gasteiger charge is -2.19. The number of fused-ring (bicyclic) bond motifs is 1. The summed E-state index contributed by atoms with van der Waals surface area (Å²) in [6.45, 7) is 1.79. The third-order valence-corrected chi connectivity index (χ3v) is 7.65. The SMILES string of the molecule is Cc1ccc(CN2C(=O)[C@@H]3CCCC[C@H]3C2=O)cc1S(=O)(=O)Nc1cccc(Cl)c1. The molecule has 1 N–H and O–H groups in total. The van der Waals surface area contributed by atoms with Crippen molar-refractivity contribution in [3.63, 3.8) is 0 Å². The number of sulfonamides is 1. The number of carbonyl (C=O) groups excluding carboxylic acids is 2. The molecule has 2 atom stereocenters. The van der Waals surface area contributed by atoms with Gasteiger partial charge in [-0.15, -0.1) is 0 Å². The monoisotopic (exact) mass is 446 g/mol. The molecule has 2 aromatic carbocycles. The van der Waals surface area contributed by atoms with Crippen molar-refractivity contribution >= 4 is 39.1 Å². The molecule has 8 heteroatoms. The Hall–Kier alpha value is -2.38. The first kappa shape index (κ1) is 20.9. The van der Waals surface area contributed by atoms with Gasteiger partial charge in [0.15, 0.2) is 0 Å². The second-order valence-corrected chi connectivity index (χ2v) is 10.1. The topological polar surface area (TPSA) is 83.6 Å². The van der Waals surface area contributed by atoms with E-state index < -0.39 is 10.0 Å². The molecule has 1 aliphatic carbocycles. The number of likely N-dealkylation sites (tertiary alicyclic amines) is 1. The lowest BCUT2D eigenvalue weighted by atomic mass is 9.81. The molecular formula is C22H23ClN2O4S. The highest BCUT2D eigenvalue weighted by Gasteiger charge is 2.47. The average Bonchev–Trinajstić information content (AvgIpc) is 2.94. The van der Waals surface area contributed by atoms with Crippen LogP contribution >= 0.6 is 11.6 Å². The number of anilines is 1. The van der Waals surface area contributed by atoms with Crippen molar-refractivity contribution < 1.29 is 18.0 Å². The Bertz CT molecular complexity index is 1090. The fourth-order valence-electron chi connectivity index (χ4n) is 4.36. The summed E-state index contributed by atoms with van der Waals surface area (Å²) >= 11 is 5.95. The van der Waals surface area contributed by atoms with Crippen LogP contribution in [-0.2, 0) is 26.2 Å². The second-order valence-electron chi connectivity index (χ2n) is 7.98. The second kappa shape index (κ2) is 8.04. The average molecular weight is 447 g/mol. The number of amides is 2. The number of imide groups is 1. The van der Waals surface area contributed by atoms with E-state index in [1.165, 1.54) is 17.0 Å². The maximum Gasteiger partial charge on any atom is 0.262 e. The van der Waals surface area contributed by atoms with Gasteiger partial charge in [-0.25, -0.2) is 8.42 Å². The van der Waals surface area contributed by atoms with Gasteiger partial charge in [-0.2, -0.15) is 0 Å². The van der Waals surface area contributed by atoms with E-state index in [9.17, 15) is 18.0 Å². The Balaban J connectivity index is 1.59. The Kier molecular flexibility index (Phi) is 5.59. The Morgan fingerprint density at radius 3 is 2.33 bits per heavy atom. The molecule has 0 spiro atoms. The van der Waals surface area contributed by atoms with E-state index in [1.54, 1.807) is 37.3 Å². The van der Waals surface area contributed by atoms with E-state index in [4.69, 9.17) is 11.6 Å². The molecule has 2 amide bonds. The highest BCUT2D eigenvalue weighted by molar-refractivity contribution is 7.92. The van der Waals surface area contributed by atoms with Crippen LogP contribution in [0.4, 0.5) is 5.69 Å². The molecule has 2 aromatic rings. The van der Waals surface area contributed by atoms with Crippen LogP contribution < -0.4 is 4.72 Å². The van der Waals surface area contributed by atoms with E-state index in [-0.39, 0.29) is 35.1 Å². The first-order valence-corrected chi connectivity index (χ1v) is 11.9. The van der Waals surface area contributed by atoms with Gasteiger partial charge in [0.1, 0.15) is 0 Å². The third-order valence-electron chi connectivity index (χ3n) is 5.89. The Morgan fingerprint density at radius 2 is 1.70 bits per heavy atom. The zero-order chi connectivity index (χ0) is 21.5. The molecule has 1 aliphatic heterocycles. The van der Waals surface area contributed by atoms with Gasteiger partial charge < -0.3 is 0 Å². The standard InChI is InChI=1S/C22H23ClN2O4S/c1-14-9-10-15(13-25-21(26)18-7-2-3-8-19(18)22(25)27)11-20(14)30(28,29)24-17-6-4-5-16(23)12-17/h4-6,9-12,18-19,24H,2-3,7-8,13H2,1H3/t18-,19-/m1/s1. The molecule has 1 saturated heterocycles. The summed E-state index contributed by atoms with van der Waals surface area (Å²) in [4.78, 5) is 26.9. The van der Waals surface area contributed by atoms with Gasteiger partial charge in [0.2, 0.25) is 11.8 Å². The van der Waals surface area contributed by atoms with Crippen LogP contribution in [0.25, 0.3) is 0 Å². The molecule has 0 aromatic heterocycles. The maximum atomic E-state index is 13.0. The minimum absolute atomic E-state index is 0.0879. The lowest BCUT2D eigenvalue weighted by Crippen LogP contribution is -2.30. The van der Waals surface area contributed by atoms with Crippen molar-refractivity contribution in [3.8, 4) is 0 Å². The normalized spacial score (nSPS) is 21.6. The van der Waals surface area contributed by atoms with Gasteiger partial charge in [-0.1, -0.05) is 42.6 Å². The molecular weight excluding hydrogens is 424 g/mol. The highest BCUT2D eigenvalue weighted by atomic mass is 35.5. The summed E-state index contributed by atoms with van der Waals surface area (Å²) in [6.07, 6.45) is 3.44. The zero-order valence-corrected chi connectivity index (χ0v) is 18.2. The molecule has 0 radical (unpaired) electrons. The minimum atomic E-state index is -3.86. The highest BCUT2D eigenvalue weighted by Crippen LogP contribution is 2.38. The number of nitrogens with one attached hydrogen (secondary N) is 1. The van der Waals surface area contributed by atoms with Crippen molar-refractivity contribution in [2.45, 2.75) is 44.0 Å². The molecule has 4 rings (SSSR count). The van der Waals surface area contributed by atoms with Crippen molar-refractivity contribution in [1.82, 2.24) is 4.90 Å². The summed E-state index contributed by atoms with van der Waals surface area (Å²) in [5.41, 5.74) is 1.54. The number of rotatable bonds is 5. The molecule has 158 valence electrons. The summed E-state index contributed by atoms with van der Waals surface area (Å²) in [7, 11) is -3.86. The number of carbonyl (C=O) groups is 2. The van der Waals surface area contributed by atoms with Crippen molar-refractivity contribution in [1.29, 1.82) is 0 Å². The van der Waals surface area contributed by atoms with E-state index in [2.05, 4.69) is 4.72 Å². The maximum absolute atomic E-state index is 13.0. The fraction of sp³-hybridized carbons (Fsp3) is 0.364. The quantitative estimate of drug-likeness (QED) is 0.700. The summed E-state index contributed by atoms with van der Waals surface area (Å²) < 4.78 is 28.4. The summed E-state index contributed by atoms with van der Waals surface area (Å²) in [6, 6.07) is 11.5. The van der Waals surface area contributed by atoms with Gasteiger partial charge in [0, 0.05) is 5.02 Å². The van der Waals surface area contributed by atoms with E-state index in [0.29, 0.717) is 21.8 Å². The molecule has 2 fully saturated rings. The van der Waals surface area contributed by atoms with E-state index >= 15 is 0 Å². The van der Waals surface area contributed by atoms with Gasteiger partial charge in [-0.3, -0.25) is 19.2 Å². The molecule has 6 nitrogen and oxygen atoms in total. The van der Waals surface area contributed by atoms with Crippen LogP contribution in [0.3, 0.4) is 0 Å². The number of hydrogen-bond acceptors (Lipinski definition) is 4. The molecule has 2 aliphatic rings. The van der Waals surface area contributed by atoms with Crippen molar-refractivity contribution in [2.75, 3.05) is 4.72 Å². The van der Waals surface area contributed by atoms with Crippen LogP contribution in [0.2, 0.25) is 5.02 Å². The number of benzene rings is 2. The van der Waals surface area contributed by atoms with E-state index in [1.807, 2.05) is 0 Å². The predicted molar refractivity (Wildman–Crippen MR) is 114 cm³/mol.